The van der Waals surface area contributed by atoms with Crippen molar-refractivity contribution in [2.75, 3.05) is 18.6 Å². The molecule has 0 saturated carbocycles. The van der Waals surface area contributed by atoms with E-state index in [1.54, 1.807) is 0 Å². The van der Waals surface area contributed by atoms with Gasteiger partial charge in [-0.05, 0) is 19.0 Å². The average molecular weight is 273 g/mol. The first-order chi connectivity index (χ1) is 8.35. The fourth-order valence-corrected chi connectivity index (χ4v) is 3.00. The predicted octanol–water partition coefficient (Wildman–Crippen LogP) is 0.548. The summed E-state index contributed by atoms with van der Waals surface area (Å²) in [6.45, 7) is 4.80. The Labute approximate surface area is 109 Å². The second-order valence-electron chi connectivity index (χ2n) is 4.66. The van der Waals surface area contributed by atoms with E-state index in [9.17, 15) is 8.42 Å². The molecule has 0 saturated heterocycles. The van der Waals surface area contributed by atoms with Crippen molar-refractivity contribution in [2.24, 2.45) is 7.05 Å². The SMILES string of the molecule is CCNC(Cc1cc(CC)nn1C)CS(C)(=O)=O. The van der Waals surface area contributed by atoms with Crippen molar-refractivity contribution in [3.05, 3.63) is 17.5 Å². The normalized spacial score (nSPS) is 13.8. The van der Waals surface area contributed by atoms with Crippen LogP contribution in [-0.4, -0.2) is 42.8 Å². The number of hydrogen-bond acceptors (Lipinski definition) is 4. The summed E-state index contributed by atoms with van der Waals surface area (Å²) in [6, 6.07) is 2.00. The predicted molar refractivity (Wildman–Crippen MR) is 73.5 cm³/mol. The van der Waals surface area contributed by atoms with Crippen LogP contribution in [0.1, 0.15) is 25.2 Å². The molecule has 1 aromatic heterocycles. The van der Waals surface area contributed by atoms with E-state index in [0.29, 0.717) is 6.42 Å². The van der Waals surface area contributed by atoms with Crippen molar-refractivity contribution >= 4 is 9.84 Å². The van der Waals surface area contributed by atoms with Gasteiger partial charge in [0, 0.05) is 31.5 Å². The Kier molecular flexibility index (Phi) is 5.34. The van der Waals surface area contributed by atoms with Crippen LogP contribution in [0.25, 0.3) is 0 Å². The van der Waals surface area contributed by atoms with Gasteiger partial charge in [0.05, 0.1) is 11.4 Å². The van der Waals surface area contributed by atoms with Gasteiger partial charge in [0.15, 0.2) is 0 Å². The minimum absolute atomic E-state index is 0.0508. The maximum absolute atomic E-state index is 11.4. The molecule has 0 aliphatic carbocycles. The largest absolute Gasteiger partial charge is 0.313 e. The zero-order valence-electron chi connectivity index (χ0n) is 11.6. The topological polar surface area (TPSA) is 64.0 Å². The van der Waals surface area contributed by atoms with Gasteiger partial charge < -0.3 is 5.32 Å². The molecule has 0 aromatic carbocycles. The van der Waals surface area contributed by atoms with Crippen LogP contribution in [0.4, 0.5) is 0 Å². The Morgan fingerprint density at radius 3 is 2.56 bits per heavy atom. The second kappa shape index (κ2) is 6.33. The fraction of sp³-hybridized carbons (Fsp3) is 0.750. The quantitative estimate of drug-likeness (QED) is 0.788. The number of aryl methyl sites for hydroxylation is 2. The highest BCUT2D eigenvalue weighted by atomic mass is 32.2. The molecule has 1 N–H and O–H groups in total. The van der Waals surface area contributed by atoms with Gasteiger partial charge in [0.2, 0.25) is 0 Å². The summed E-state index contributed by atoms with van der Waals surface area (Å²) in [5.41, 5.74) is 2.11. The summed E-state index contributed by atoms with van der Waals surface area (Å²) in [7, 11) is -1.07. The third-order valence-corrected chi connectivity index (χ3v) is 3.85. The number of aromatic nitrogens is 2. The summed E-state index contributed by atoms with van der Waals surface area (Å²) in [6.07, 6.45) is 2.86. The number of hydrogen-bond donors (Lipinski definition) is 1. The molecule has 0 aliphatic rings. The molecule has 0 fully saturated rings. The van der Waals surface area contributed by atoms with E-state index in [0.717, 1.165) is 24.4 Å². The molecule has 6 heteroatoms. The molecule has 1 rings (SSSR count). The number of nitrogens with one attached hydrogen (secondary N) is 1. The molecule has 0 radical (unpaired) electrons. The zero-order chi connectivity index (χ0) is 13.8. The van der Waals surface area contributed by atoms with Crippen LogP contribution in [0.3, 0.4) is 0 Å². The molecule has 0 aliphatic heterocycles. The van der Waals surface area contributed by atoms with E-state index in [1.807, 2.05) is 24.7 Å². The maximum atomic E-state index is 11.4. The van der Waals surface area contributed by atoms with E-state index in [2.05, 4.69) is 17.3 Å². The van der Waals surface area contributed by atoms with Crippen molar-refractivity contribution in [3.8, 4) is 0 Å². The molecule has 0 bridgehead atoms. The van der Waals surface area contributed by atoms with E-state index in [4.69, 9.17) is 0 Å². The minimum atomic E-state index is -2.97. The van der Waals surface area contributed by atoms with E-state index < -0.39 is 9.84 Å². The number of likely N-dealkylation sites (N-methyl/N-ethyl adjacent to an activating group) is 1. The van der Waals surface area contributed by atoms with Gasteiger partial charge in [-0.3, -0.25) is 4.68 Å². The van der Waals surface area contributed by atoms with E-state index in [-0.39, 0.29) is 11.8 Å². The van der Waals surface area contributed by atoms with Gasteiger partial charge in [-0.2, -0.15) is 5.10 Å². The molecule has 1 heterocycles. The monoisotopic (exact) mass is 273 g/mol. The van der Waals surface area contributed by atoms with Crippen LogP contribution in [0.5, 0.6) is 0 Å². The lowest BCUT2D eigenvalue weighted by Gasteiger charge is -2.16. The Hall–Kier alpha value is -0.880. The molecule has 104 valence electrons. The van der Waals surface area contributed by atoms with E-state index in [1.165, 1.54) is 6.26 Å². The summed E-state index contributed by atoms with van der Waals surface area (Å²) in [5, 5.41) is 7.60. The molecule has 5 nitrogen and oxygen atoms in total. The summed E-state index contributed by atoms with van der Waals surface area (Å²) in [4.78, 5) is 0. The summed E-state index contributed by atoms with van der Waals surface area (Å²) >= 11 is 0. The lowest BCUT2D eigenvalue weighted by molar-refractivity contribution is 0.529. The third kappa shape index (κ3) is 4.78. The highest BCUT2D eigenvalue weighted by Gasteiger charge is 2.17. The smallest absolute Gasteiger partial charge is 0.148 e. The number of nitrogens with zero attached hydrogens (tertiary/aromatic N) is 2. The van der Waals surface area contributed by atoms with Crippen molar-refractivity contribution in [3.63, 3.8) is 0 Å². The standard InChI is InChI=1S/C12H23N3O2S/c1-5-10-7-12(15(3)14-10)8-11(13-6-2)9-18(4,16)17/h7,11,13H,5-6,8-9H2,1-4H3. The Bertz CT molecular complexity index is 480. The maximum Gasteiger partial charge on any atom is 0.148 e. The highest BCUT2D eigenvalue weighted by molar-refractivity contribution is 7.90. The summed E-state index contributed by atoms with van der Waals surface area (Å²) in [5.74, 6) is 0.160. The van der Waals surface area contributed by atoms with Gasteiger partial charge in [-0.1, -0.05) is 13.8 Å². The first-order valence-corrected chi connectivity index (χ1v) is 8.34. The van der Waals surface area contributed by atoms with E-state index >= 15 is 0 Å². The van der Waals surface area contributed by atoms with Crippen LogP contribution in [0.2, 0.25) is 0 Å². The third-order valence-electron chi connectivity index (χ3n) is 2.84. The molecular formula is C12H23N3O2S. The Balaban J connectivity index is 2.79. The van der Waals surface area contributed by atoms with Crippen LogP contribution >= 0.6 is 0 Å². The van der Waals surface area contributed by atoms with Crippen molar-refractivity contribution in [1.82, 2.24) is 15.1 Å². The van der Waals surface area contributed by atoms with Crippen LogP contribution in [-0.2, 0) is 29.7 Å². The van der Waals surface area contributed by atoms with Gasteiger partial charge in [0.1, 0.15) is 9.84 Å². The first-order valence-electron chi connectivity index (χ1n) is 6.28. The zero-order valence-corrected chi connectivity index (χ0v) is 12.4. The average Bonchev–Trinajstić information content (AvgIpc) is 2.58. The molecule has 18 heavy (non-hydrogen) atoms. The lowest BCUT2D eigenvalue weighted by atomic mass is 10.1. The van der Waals surface area contributed by atoms with Gasteiger partial charge in [-0.15, -0.1) is 0 Å². The molecule has 1 atom stereocenters. The molecule has 1 aromatic rings. The second-order valence-corrected chi connectivity index (χ2v) is 6.84. The molecular weight excluding hydrogens is 250 g/mol. The van der Waals surface area contributed by atoms with Gasteiger partial charge >= 0.3 is 0 Å². The van der Waals surface area contributed by atoms with Crippen LogP contribution in [0.15, 0.2) is 6.07 Å². The Morgan fingerprint density at radius 2 is 2.11 bits per heavy atom. The minimum Gasteiger partial charge on any atom is -0.313 e. The molecule has 1 unspecified atom stereocenters. The van der Waals surface area contributed by atoms with Crippen molar-refractivity contribution in [2.45, 2.75) is 32.7 Å². The van der Waals surface area contributed by atoms with Crippen molar-refractivity contribution in [1.29, 1.82) is 0 Å². The highest BCUT2D eigenvalue weighted by Crippen LogP contribution is 2.08. The number of sulfone groups is 1. The van der Waals surface area contributed by atoms with Gasteiger partial charge in [-0.25, -0.2) is 8.42 Å². The van der Waals surface area contributed by atoms with Gasteiger partial charge in [0.25, 0.3) is 0 Å². The van der Waals surface area contributed by atoms with Crippen LogP contribution in [0, 0.1) is 0 Å². The van der Waals surface area contributed by atoms with Crippen LogP contribution < -0.4 is 5.32 Å². The van der Waals surface area contributed by atoms with Crippen molar-refractivity contribution < 1.29 is 8.42 Å². The summed E-state index contributed by atoms with van der Waals surface area (Å²) < 4.78 is 24.6. The fourth-order valence-electron chi connectivity index (χ4n) is 2.03. The first kappa shape index (κ1) is 15.2. The lowest BCUT2D eigenvalue weighted by Crippen LogP contribution is -2.37. The molecule has 0 spiro atoms. The number of rotatable bonds is 7. The molecule has 0 amide bonds. The Morgan fingerprint density at radius 1 is 1.44 bits per heavy atom.